The lowest BCUT2D eigenvalue weighted by Crippen LogP contribution is -2.49. The van der Waals surface area contributed by atoms with Gasteiger partial charge in [0.15, 0.2) is 0 Å². The van der Waals surface area contributed by atoms with Gasteiger partial charge < -0.3 is 0 Å². The second kappa shape index (κ2) is 4.65. The maximum absolute atomic E-state index is 12.3. The van der Waals surface area contributed by atoms with Gasteiger partial charge in [-0.3, -0.25) is 4.90 Å². The lowest BCUT2D eigenvalue weighted by Gasteiger charge is -2.43. The van der Waals surface area contributed by atoms with E-state index in [1.54, 1.807) is 0 Å². The van der Waals surface area contributed by atoms with E-state index in [1.165, 1.54) is 31.4 Å². The summed E-state index contributed by atoms with van der Waals surface area (Å²) in [6, 6.07) is 0.697. The van der Waals surface area contributed by atoms with E-state index in [4.69, 9.17) is 0 Å². The molecule has 2 aliphatic rings. The zero-order valence-corrected chi connectivity index (χ0v) is 8.86. The fraction of sp³-hybridized carbons (Fsp3) is 1.00. The number of thioether (sulfide) groups is 1. The van der Waals surface area contributed by atoms with E-state index in [0.717, 1.165) is 11.8 Å². The molecule has 2 rings (SSSR count). The van der Waals surface area contributed by atoms with Gasteiger partial charge in [-0.1, -0.05) is 12.8 Å². The quantitative estimate of drug-likeness (QED) is 0.677. The van der Waals surface area contributed by atoms with Crippen LogP contribution in [0, 0.1) is 0 Å². The Morgan fingerprint density at radius 2 is 2.15 bits per heavy atom. The van der Waals surface area contributed by atoms with Crippen molar-refractivity contribution in [2.45, 2.75) is 37.0 Å². The molecule has 0 aromatic heterocycles. The normalized spacial score (nSPS) is 35.8. The van der Waals surface area contributed by atoms with Crippen molar-refractivity contribution in [1.29, 1.82) is 0 Å². The Hall–Kier alpha value is 0.240. The summed E-state index contributed by atoms with van der Waals surface area (Å²) in [5.74, 6) is 1.21. The molecule has 76 valence electrons. The number of nitrogens with zero attached hydrogens (tertiary/aromatic N) is 1. The van der Waals surface area contributed by atoms with Gasteiger partial charge in [0.25, 0.3) is 0 Å². The van der Waals surface area contributed by atoms with E-state index in [1.807, 2.05) is 0 Å². The Labute approximate surface area is 84.1 Å². The van der Waals surface area contributed by atoms with Crippen molar-refractivity contribution in [3.8, 4) is 0 Å². The van der Waals surface area contributed by atoms with Crippen molar-refractivity contribution in [2.24, 2.45) is 0 Å². The molecule has 13 heavy (non-hydrogen) atoms. The predicted octanol–water partition coefficient (Wildman–Crippen LogP) is 2.32. The van der Waals surface area contributed by atoms with Gasteiger partial charge >= 0.3 is 0 Å². The Kier molecular flexibility index (Phi) is 3.50. The van der Waals surface area contributed by atoms with Crippen LogP contribution < -0.4 is 0 Å². The van der Waals surface area contributed by atoms with Crippen LogP contribution in [0.15, 0.2) is 0 Å². The maximum atomic E-state index is 12.3. The number of alkyl halides is 1. The van der Waals surface area contributed by atoms with Crippen LogP contribution in [0.25, 0.3) is 0 Å². The lowest BCUT2D eigenvalue weighted by molar-refractivity contribution is 0.152. The summed E-state index contributed by atoms with van der Waals surface area (Å²) >= 11 is 2.11. The molecule has 3 heteroatoms. The highest BCUT2D eigenvalue weighted by Gasteiger charge is 2.33. The molecule has 0 spiro atoms. The molecular formula is C10H18FNS. The first-order chi connectivity index (χ1) is 6.42. The van der Waals surface area contributed by atoms with Gasteiger partial charge in [-0.2, -0.15) is 11.8 Å². The Bertz CT molecular complexity index is 161. The number of fused-ring (bicyclic) bond motifs is 1. The highest BCUT2D eigenvalue weighted by atomic mass is 32.2. The van der Waals surface area contributed by atoms with E-state index >= 15 is 0 Å². The van der Waals surface area contributed by atoms with Crippen LogP contribution >= 0.6 is 11.8 Å². The molecular weight excluding hydrogens is 185 g/mol. The molecule has 1 heterocycles. The van der Waals surface area contributed by atoms with E-state index in [0.29, 0.717) is 12.6 Å². The van der Waals surface area contributed by atoms with Crippen molar-refractivity contribution < 1.29 is 4.39 Å². The first kappa shape index (κ1) is 9.78. The van der Waals surface area contributed by atoms with Crippen LogP contribution in [0.4, 0.5) is 4.39 Å². The lowest BCUT2D eigenvalue weighted by atomic mass is 9.93. The Morgan fingerprint density at radius 1 is 1.31 bits per heavy atom. The fourth-order valence-corrected chi connectivity index (χ4v) is 4.07. The molecule has 0 bridgehead atoms. The highest BCUT2D eigenvalue weighted by Crippen LogP contribution is 2.35. The number of hydrogen-bond acceptors (Lipinski definition) is 2. The minimum absolute atomic E-state index is 0.173. The minimum atomic E-state index is -0.173. The highest BCUT2D eigenvalue weighted by molar-refractivity contribution is 8.00. The number of rotatable bonds is 2. The fourth-order valence-electron chi connectivity index (χ4n) is 2.56. The van der Waals surface area contributed by atoms with Gasteiger partial charge in [-0.25, -0.2) is 4.39 Å². The van der Waals surface area contributed by atoms with Crippen molar-refractivity contribution in [3.63, 3.8) is 0 Å². The SMILES string of the molecule is FCCN1CCSC2CCCCC21. The Morgan fingerprint density at radius 3 is 3.00 bits per heavy atom. The third-order valence-corrected chi connectivity index (χ3v) is 4.62. The predicted molar refractivity (Wildman–Crippen MR) is 56.1 cm³/mol. The maximum Gasteiger partial charge on any atom is 0.102 e. The molecule has 2 fully saturated rings. The molecule has 0 N–H and O–H groups in total. The average molecular weight is 203 g/mol. The molecule has 0 radical (unpaired) electrons. The van der Waals surface area contributed by atoms with Crippen molar-refractivity contribution in [1.82, 2.24) is 4.90 Å². The van der Waals surface area contributed by atoms with Gasteiger partial charge in [-0.15, -0.1) is 0 Å². The molecule has 1 saturated heterocycles. The molecule has 2 atom stereocenters. The molecule has 0 aromatic rings. The molecule has 0 amide bonds. The summed E-state index contributed by atoms with van der Waals surface area (Å²) in [5.41, 5.74) is 0. The molecule has 1 aliphatic heterocycles. The molecule has 1 nitrogen and oxygen atoms in total. The first-order valence-corrected chi connectivity index (χ1v) is 6.38. The summed E-state index contributed by atoms with van der Waals surface area (Å²) in [5, 5.41) is 0.814. The number of hydrogen-bond donors (Lipinski definition) is 0. The topological polar surface area (TPSA) is 3.24 Å². The van der Waals surface area contributed by atoms with Crippen LogP contribution in [0.1, 0.15) is 25.7 Å². The molecule has 1 saturated carbocycles. The van der Waals surface area contributed by atoms with E-state index < -0.39 is 0 Å². The minimum Gasteiger partial charge on any atom is -0.296 e. The first-order valence-electron chi connectivity index (χ1n) is 5.33. The zero-order valence-electron chi connectivity index (χ0n) is 8.04. The van der Waals surface area contributed by atoms with E-state index in [-0.39, 0.29) is 6.67 Å². The molecule has 1 aliphatic carbocycles. The van der Waals surface area contributed by atoms with Crippen LogP contribution in [-0.4, -0.2) is 41.7 Å². The van der Waals surface area contributed by atoms with Gasteiger partial charge in [0.1, 0.15) is 6.67 Å². The standard InChI is InChI=1S/C10H18FNS/c11-5-6-12-7-8-13-10-4-2-1-3-9(10)12/h9-10H,1-8H2. The number of halogens is 1. The van der Waals surface area contributed by atoms with Crippen LogP contribution in [-0.2, 0) is 0 Å². The van der Waals surface area contributed by atoms with Gasteiger partial charge in [0.05, 0.1) is 0 Å². The van der Waals surface area contributed by atoms with Gasteiger partial charge in [0.2, 0.25) is 0 Å². The van der Waals surface area contributed by atoms with E-state index in [2.05, 4.69) is 16.7 Å². The van der Waals surface area contributed by atoms with Gasteiger partial charge in [0, 0.05) is 30.1 Å². The summed E-state index contributed by atoms with van der Waals surface area (Å²) in [4.78, 5) is 2.38. The zero-order chi connectivity index (χ0) is 9.10. The third kappa shape index (κ3) is 2.18. The largest absolute Gasteiger partial charge is 0.296 e. The summed E-state index contributed by atoms with van der Waals surface area (Å²) in [6.45, 7) is 1.60. The second-order valence-corrected chi connectivity index (χ2v) is 5.33. The smallest absolute Gasteiger partial charge is 0.102 e. The molecule has 0 aromatic carbocycles. The molecule has 2 unspecified atom stereocenters. The Balaban J connectivity index is 1.94. The van der Waals surface area contributed by atoms with Crippen LogP contribution in [0.3, 0.4) is 0 Å². The third-order valence-electron chi connectivity index (χ3n) is 3.22. The van der Waals surface area contributed by atoms with Crippen LogP contribution in [0.5, 0.6) is 0 Å². The van der Waals surface area contributed by atoms with Crippen molar-refractivity contribution in [3.05, 3.63) is 0 Å². The summed E-state index contributed by atoms with van der Waals surface area (Å²) in [6.07, 6.45) is 5.40. The van der Waals surface area contributed by atoms with E-state index in [9.17, 15) is 4.39 Å². The summed E-state index contributed by atoms with van der Waals surface area (Å²) < 4.78 is 12.3. The van der Waals surface area contributed by atoms with Crippen LogP contribution in [0.2, 0.25) is 0 Å². The monoisotopic (exact) mass is 203 g/mol. The van der Waals surface area contributed by atoms with Crippen molar-refractivity contribution >= 4 is 11.8 Å². The summed E-state index contributed by atoms with van der Waals surface area (Å²) in [7, 11) is 0. The average Bonchev–Trinajstić information content (AvgIpc) is 2.19. The second-order valence-electron chi connectivity index (χ2n) is 3.99. The van der Waals surface area contributed by atoms with Crippen molar-refractivity contribution in [2.75, 3.05) is 25.5 Å². The van der Waals surface area contributed by atoms with Gasteiger partial charge in [-0.05, 0) is 12.8 Å².